The average molecular weight is 401 g/mol. The van der Waals surface area contributed by atoms with E-state index in [1.807, 2.05) is 0 Å². The lowest BCUT2D eigenvalue weighted by Gasteiger charge is -2.01. The van der Waals surface area contributed by atoms with E-state index in [0.717, 1.165) is 0 Å². The van der Waals surface area contributed by atoms with Gasteiger partial charge in [-0.1, -0.05) is 0 Å². The number of benzene rings is 2. The predicted molar refractivity (Wildman–Crippen MR) is 101 cm³/mol. The van der Waals surface area contributed by atoms with Crippen LogP contribution in [-0.4, -0.2) is 18.2 Å². The molecule has 0 unspecified atom stereocenters. The monoisotopic (exact) mass is 401 g/mol. The SMILES string of the molecule is Cn1nccc1NN=c1c(=O)ccc(=NNc2ccc(S(N)(=O)=O)cc2)c1=O. The third-order valence-corrected chi connectivity index (χ3v) is 4.59. The Balaban J connectivity index is 1.92. The lowest BCUT2D eigenvalue weighted by molar-refractivity contribution is 0.598. The summed E-state index contributed by atoms with van der Waals surface area (Å²) in [5.74, 6) is 0.495. The molecule has 0 saturated carbocycles. The van der Waals surface area contributed by atoms with Crippen molar-refractivity contribution in [1.82, 2.24) is 9.78 Å². The maximum Gasteiger partial charge on any atom is 0.238 e. The van der Waals surface area contributed by atoms with E-state index in [1.165, 1.54) is 47.3 Å². The molecule has 0 fully saturated rings. The minimum atomic E-state index is -3.80. The summed E-state index contributed by atoms with van der Waals surface area (Å²) in [6.07, 6.45) is 1.53. The minimum Gasteiger partial charge on any atom is -0.287 e. The number of nitrogens with zero attached hydrogens (tertiary/aromatic N) is 4. The summed E-state index contributed by atoms with van der Waals surface area (Å²) in [6, 6.07) is 9.53. The predicted octanol–water partition coefficient (Wildman–Crippen LogP) is -1.48. The third-order valence-electron chi connectivity index (χ3n) is 3.67. The topological polar surface area (TPSA) is 161 Å². The molecule has 3 aromatic rings. The number of primary sulfonamides is 1. The maximum atomic E-state index is 12.5. The molecule has 0 aliphatic carbocycles. The fourth-order valence-corrected chi connectivity index (χ4v) is 2.69. The maximum absolute atomic E-state index is 12.5. The molecule has 2 aromatic carbocycles. The van der Waals surface area contributed by atoms with Crippen LogP contribution in [0.2, 0.25) is 0 Å². The minimum absolute atomic E-state index is 0.0410. The lowest BCUT2D eigenvalue weighted by atomic mass is 10.3. The van der Waals surface area contributed by atoms with Gasteiger partial charge in [-0.2, -0.15) is 15.3 Å². The van der Waals surface area contributed by atoms with Gasteiger partial charge in [-0.05, 0) is 36.4 Å². The lowest BCUT2D eigenvalue weighted by Crippen LogP contribution is -2.48. The van der Waals surface area contributed by atoms with Gasteiger partial charge >= 0.3 is 0 Å². The van der Waals surface area contributed by atoms with Gasteiger partial charge in [0.2, 0.25) is 20.9 Å². The highest BCUT2D eigenvalue weighted by Gasteiger charge is 2.06. The number of aromatic nitrogens is 2. The van der Waals surface area contributed by atoms with Crippen LogP contribution >= 0.6 is 0 Å². The Hall–Kier alpha value is -3.64. The van der Waals surface area contributed by atoms with Crippen LogP contribution < -0.4 is 37.6 Å². The molecular weight excluding hydrogens is 386 g/mol. The van der Waals surface area contributed by atoms with Crippen molar-refractivity contribution in [3.63, 3.8) is 0 Å². The molecule has 0 radical (unpaired) electrons. The molecule has 0 aliphatic rings. The largest absolute Gasteiger partial charge is 0.287 e. The highest BCUT2D eigenvalue weighted by Crippen LogP contribution is 2.12. The van der Waals surface area contributed by atoms with Crippen molar-refractivity contribution < 1.29 is 8.42 Å². The first kappa shape index (κ1) is 19.1. The molecule has 0 bridgehead atoms. The van der Waals surface area contributed by atoms with Crippen LogP contribution in [-0.2, 0) is 17.1 Å². The van der Waals surface area contributed by atoms with Crippen LogP contribution in [0.4, 0.5) is 11.5 Å². The highest BCUT2D eigenvalue weighted by atomic mass is 32.2. The van der Waals surface area contributed by atoms with Gasteiger partial charge < -0.3 is 0 Å². The molecule has 3 rings (SSSR count). The molecule has 11 nitrogen and oxygen atoms in total. The zero-order valence-electron chi connectivity index (χ0n) is 14.5. The molecule has 0 saturated heterocycles. The first-order chi connectivity index (χ1) is 13.3. The molecule has 12 heteroatoms. The normalized spacial score (nSPS) is 12.9. The van der Waals surface area contributed by atoms with Crippen LogP contribution in [0.15, 0.2) is 73.3 Å². The first-order valence-electron chi connectivity index (χ1n) is 7.81. The second-order valence-corrected chi connectivity index (χ2v) is 7.18. The Morgan fingerprint density at radius 1 is 1.00 bits per heavy atom. The number of hydrogen-bond acceptors (Lipinski definition) is 9. The van der Waals surface area contributed by atoms with Crippen molar-refractivity contribution in [2.45, 2.75) is 4.90 Å². The smallest absolute Gasteiger partial charge is 0.238 e. The van der Waals surface area contributed by atoms with E-state index in [2.05, 4.69) is 26.2 Å². The quantitative estimate of drug-likeness (QED) is 0.439. The first-order valence-corrected chi connectivity index (χ1v) is 9.36. The Morgan fingerprint density at radius 3 is 2.32 bits per heavy atom. The summed E-state index contributed by atoms with van der Waals surface area (Å²) >= 11 is 0. The number of anilines is 2. The van der Waals surface area contributed by atoms with Gasteiger partial charge in [-0.25, -0.2) is 13.6 Å². The van der Waals surface area contributed by atoms with Crippen molar-refractivity contribution in [2.75, 3.05) is 10.9 Å². The molecule has 0 spiro atoms. The second kappa shape index (κ2) is 7.54. The zero-order chi connectivity index (χ0) is 20.3. The number of nitrogens with two attached hydrogens (primary N) is 1. The van der Waals surface area contributed by atoms with Crippen molar-refractivity contribution in [2.24, 2.45) is 22.4 Å². The molecule has 28 heavy (non-hydrogen) atoms. The summed E-state index contributed by atoms with van der Waals surface area (Å²) in [7, 11) is -2.13. The molecule has 0 amide bonds. The molecule has 0 aliphatic heterocycles. The Kier molecular flexibility index (Phi) is 5.15. The van der Waals surface area contributed by atoms with Gasteiger partial charge in [-0.3, -0.25) is 25.1 Å². The standard InChI is InChI=1S/C16H15N7O4S/c1-23-14(8-9-18-23)21-22-15-13(24)7-6-12(16(15)25)20-19-10-2-4-11(5-3-10)28(17,26)27/h2-9,19,21H,1H3,(H2,17,26,27). The highest BCUT2D eigenvalue weighted by molar-refractivity contribution is 7.89. The van der Waals surface area contributed by atoms with Crippen LogP contribution in [0.25, 0.3) is 0 Å². The van der Waals surface area contributed by atoms with E-state index < -0.39 is 20.9 Å². The fourth-order valence-electron chi connectivity index (χ4n) is 2.18. The molecule has 0 atom stereocenters. The van der Waals surface area contributed by atoms with Gasteiger partial charge in [-0.15, -0.1) is 0 Å². The summed E-state index contributed by atoms with van der Waals surface area (Å²) < 4.78 is 24.0. The number of hydrogen-bond donors (Lipinski definition) is 3. The third kappa shape index (κ3) is 4.19. The summed E-state index contributed by atoms with van der Waals surface area (Å²) in [6.45, 7) is 0. The Morgan fingerprint density at radius 2 is 1.71 bits per heavy atom. The van der Waals surface area contributed by atoms with Gasteiger partial charge in [0.25, 0.3) is 0 Å². The number of sulfonamides is 1. The van der Waals surface area contributed by atoms with Crippen LogP contribution in [0, 0.1) is 0 Å². The molecule has 4 N–H and O–H groups in total. The Bertz CT molecular complexity index is 1340. The van der Waals surface area contributed by atoms with Crippen LogP contribution in [0.3, 0.4) is 0 Å². The fraction of sp³-hybridized carbons (Fsp3) is 0.0625. The molecule has 144 valence electrons. The van der Waals surface area contributed by atoms with E-state index in [4.69, 9.17) is 5.14 Å². The van der Waals surface area contributed by atoms with E-state index in [-0.39, 0.29) is 15.6 Å². The van der Waals surface area contributed by atoms with Gasteiger partial charge in [0, 0.05) is 13.1 Å². The van der Waals surface area contributed by atoms with E-state index in [1.54, 1.807) is 13.1 Å². The summed E-state index contributed by atoms with van der Waals surface area (Å²) in [4.78, 5) is 24.4. The van der Waals surface area contributed by atoms with Gasteiger partial charge in [0.1, 0.15) is 11.2 Å². The number of rotatable bonds is 5. The molecule has 1 heterocycles. The van der Waals surface area contributed by atoms with Gasteiger partial charge in [0.15, 0.2) is 5.36 Å². The van der Waals surface area contributed by atoms with Crippen LogP contribution in [0.5, 0.6) is 0 Å². The van der Waals surface area contributed by atoms with Crippen molar-refractivity contribution in [1.29, 1.82) is 0 Å². The Labute approximate surface area is 158 Å². The molecular formula is C16H15N7O4S. The average Bonchev–Trinajstić information content (AvgIpc) is 3.05. The van der Waals surface area contributed by atoms with Crippen molar-refractivity contribution in [3.8, 4) is 0 Å². The zero-order valence-corrected chi connectivity index (χ0v) is 15.3. The van der Waals surface area contributed by atoms with Crippen molar-refractivity contribution >= 4 is 21.5 Å². The van der Waals surface area contributed by atoms with E-state index >= 15 is 0 Å². The van der Waals surface area contributed by atoms with Gasteiger partial charge in [0.05, 0.1) is 16.8 Å². The van der Waals surface area contributed by atoms with Crippen LogP contribution in [0.1, 0.15) is 0 Å². The van der Waals surface area contributed by atoms with Crippen molar-refractivity contribution in [3.05, 3.63) is 79.8 Å². The summed E-state index contributed by atoms with van der Waals surface area (Å²) in [5.41, 5.74) is 4.42. The number of aryl methyl sites for hydroxylation is 1. The van der Waals surface area contributed by atoms with E-state index in [0.29, 0.717) is 11.5 Å². The second-order valence-electron chi connectivity index (χ2n) is 5.62. The molecule has 1 aromatic heterocycles. The summed E-state index contributed by atoms with van der Waals surface area (Å²) in [5, 5.41) is 16.4. The van der Waals surface area contributed by atoms with E-state index in [9.17, 15) is 18.0 Å². The number of nitrogens with one attached hydrogen (secondary N) is 2.